The Hall–Kier alpha value is -2.56. The van der Waals surface area contributed by atoms with Gasteiger partial charge in [0.05, 0.1) is 6.33 Å². The fourth-order valence-corrected chi connectivity index (χ4v) is 3.96. The van der Waals surface area contributed by atoms with Gasteiger partial charge in [0.2, 0.25) is 5.91 Å². The zero-order valence-corrected chi connectivity index (χ0v) is 14.3. The number of anilines is 2. The lowest BCUT2D eigenvalue weighted by Crippen LogP contribution is -2.18. The van der Waals surface area contributed by atoms with Crippen LogP contribution in [-0.2, 0) is 11.3 Å². The summed E-state index contributed by atoms with van der Waals surface area (Å²) in [6.07, 6.45) is 13.1. The molecule has 2 N–H and O–H groups in total. The van der Waals surface area contributed by atoms with Crippen molar-refractivity contribution in [1.82, 2.24) is 9.55 Å². The summed E-state index contributed by atoms with van der Waals surface area (Å²) < 4.78 is 1.90. The first-order valence-corrected chi connectivity index (χ1v) is 9.04. The third-order valence-corrected chi connectivity index (χ3v) is 5.29. The number of aromatic nitrogens is 2. The summed E-state index contributed by atoms with van der Waals surface area (Å²) >= 11 is 0. The predicted octanol–water partition coefficient (Wildman–Crippen LogP) is 3.54. The standard InChI is InChI=1S/C20H24N4O/c25-20(6-8-24-9-7-21-14-24)23-19-3-1-2-18(12-19)22-13-17-11-15-4-5-16(17)10-15/h1-5,7,9,12,14-17,22H,6,8,10-11,13H2,(H,23,25)/t15-,16-,17-/m0/s1. The quantitative estimate of drug-likeness (QED) is 0.761. The first-order chi connectivity index (χ1) is 12.3. The van der Waals surface area contributed by atoms with Gasteiger partial charge in [-0.05, 0) is 48.8 Å². The highest BCUT2D eigenvalue weighted by atomic mass is 16.1. The van der Waals surface area contributed by atoms with Gasteiger partial charge in [0.15, 0.2) is 0 Å². The van der Waals surface area contributed by atoms with Crippen LogP contribution in [0.5, 0.6) is 0 Å². The number of hydrogen-bond acceptors (Lipinski definition) is 3. The molecular weight excluding hydrogens is 312 g/mol. The van der Waals surface area contributed by atoms with Crippen molar-refractivity contribution in [1.29, 1.82) is 0 Å². The van der Waals surface area contributed by atoms with Gasteiger partial charge in [-0.2, -0.15) is 0 Å². The minimum Gasteiger partial charge on any atom is -0.385 e. The maximum atomic E-state index is 12.1. The van der Waals surface area contributed by atoms with Crippen LogP contribution in [0.3, 0.4) is 0 Å². The molecule has 5 nitrogen and oxygen atoms in total. The van der Waals surface area contributed by atoms with E-state index in [0.717, 1.165) is 35.7 Å². The molecule has 1 amide bonds. The fourth-order valence-electron chi connectivity index (χ4n) is 3.96. The van der Waals surface area contributed by atoms with Crippen LogP contribution in [0, 0.1) is 17.8 Å². The van der Waals surface area contributed by atoms with E-state index in [1.165, 1.54) is 12.8 Å². The molecule has 0 radical (unpaired) electrons. The van der Waals surface area contributed by atoms with E-state index < -0.39 is 0 Å². The second kappa shape index (κ2) is 7.13. The highest BCUT2D eigenvalue weighted by Gasteiger charge is 2.35. The molecule has 2 aliphatic carbocycles. The third kappa shape index (κ3) is 3.92. The maximum absolute atomic E-state index is 12.1. The second-order valence-corrected chi connectivity index (χ2v) is 7.10. The van der Waals surface area contributed by atoms with Crippen molar-refractivity contribution >= 4 is 17.3 Å². The molecule has 130 valence electrons. The molecule has 0 unspecified atom stereocenters. The Balaban J connectivity index is 1.27. The number of amides is 1. The Kier molecular flexibility index (Phi) is 4.55. The fraction of sp³-hybridized carbons (Fsp3) is 0.400. The molecule has 2 aliphatic rings. The van der Waals surface area contributed by atoms with Crippen LogP contribution in [0.4, 0.5) is 11.4 Å². The van der Waals surface area contributed by atoms with E-state index in [1.807, 2.05) is 29.0 Å². The molecule has 2 aromatic rings. The smallest absolute Gasteiger partial charge is 0.226 e. The van der Waals surface area contributed by atoms with Crippen LogP contribution in [0.25, 0.3) is 0 Å². The number of fused-ring (bicyclic) bond motifs is 2. The van der Waals surface area contributed by atoms with Gasteiger partial charge in [0, 0.05) is 43.3 Å². The minimum atomic E-state index is 0.0177. The van der Waals surface area contributed by atoms with Crippen LogP contribution < -0.4 is 10.6 Å². The van der Waals surface area contributed by atoms with E-state index in [4.69, 9.17) is 0 Å². The molecule has 2 bridgehead atoms. The normalized spacial score (nSPS) is 23.8. The molecule has 0 saturated heterocycles. The molecule has 1 saturated carbocycles. The number of aryl methyl sites for hydroxylation is 1. The first kappa shape index (κ1) is 15.9. The Morgan fingerprint density at radius 2 is 2.16 bits per heavy atom. The van der Waals surface area contributed by atoms with Gasteiger partial charge in [-0.1, -0.05) is 18.2 Å². The summed E-state index contributed by atoms with van der Waals surface area (Å²) in [6.45, 7) is 1.64. The lowest BCUT2D eigenvalue weighted by atomic mass is 9.93. The molecule has 0 spiro atoms. The Bertz CT molecular complexity index is 753. The molecule has 3 atom stereocenters. The third-order valence-electron chi connectivity index (χ3n) is 5.29. The molecular formula is C20H24N4O. The number of imidazole rings is 1. The summed E-state index contributed by atoms with van der Waals surface area (Å²) in [5.41, 5.74) is 1.91. The van der Waals surface area contributed by atoms with Gasteiger partial charge in [-0.25, -0.2) is 4.98 Å². The van der Waals surface area contributed by atoms with Gasteiger partial charge >= 0.3 is 0 Å². The zero-order valence-electron chi connectivity index (χ0n) is 14.3. The highest BCUT2D eigenvalue weighted by Crippen LogP contribution is 2.43. The van der Waals surface area contributed by atoms with Gasteiger partial charge in [0.1, 0.15) is 0 Å². The molecule has 1 fully saturated rings. The second-order valence-electron chi connectivity index (χ2n) is 7.10. The average Bonchev–Trinajstić information content (AvgIpc) is 3.36. The summed E-state index contributed by atoms with van der Waals surface area (Å²) in [7, 11) is 0. The zero-order chi connectivity index (χ0) is 17.1. The van der Waals surface area contributed by atoms with Crippen molar-refractivity contribution < 1.29 is 4.79 Å². The highest BCUT2D eigenvalue weighted by molar-refractivity contribution is 5.91. The van der Waals surface area contributed by atoms with Crippen LogP contribution in [-0.4, -0.2) is 22.0 Å². The van der Waals surface area contributed by atoms with Crippen molar-refractivity contribution in [2.75, 3.05) is 17.2 Å². The van der Waals surface area contributed by atoms with Crippen molar-refractivity contribution in [3.05, 3.63) is 55.1 Å². The van der Waals surface area contributed by atoms with Crippen molar-refractivity contribution in [3.8, 4) is 0 Å². The van der Waals surface area contributed by atoms with Crippen LogP contribution >= 0.6 is 0 Å². The van der Waals surface area contributed by atoms with Crippen LogP contribution in [0.1, 0.15) is 19.3 Å². The largest absolute Gasteiger partial charge is 0.385 e. The number of carbonyl (C=O) groups excluding carboxylic acids is 1. The van der Waals surface area contributed by atoms with E-state index >= 15 is 0 Å². The lowest BCUT2D eigenvalue weighted by Gasteiger charge is -2.19. The van der Waals surface area contributed by atoms with Crippen LogP contribution in [0.15, 0.2) is 55.1 Å². The van der Waals surface area contributed by atoms with Gasteiger partial charge in [0.25, 0.3) is 0 Å². The molecule has 1 heterocycles. The van der Waals surface area contributed by atoms with E-state index in [-0.39, 0.29) is 5.91 Å². The molecule has 1 aromatic heterocycles. The molecule has 25 heavy (non-hydrogen) atoms. The van der Waals surface area contributed by atoms with E-state index in [9.17, 15) is 4.79 Å². The first-order valence-electron chi connectivity index (χ1n) is 9.04. The molecule has 0 aliphatic heterocycles. The van der Waals surface area contributed by atoms with Gasteiger partial charge < -0.3 is 15.2 Å². The van der Waals surface area contributed by atoms with E-state index in [1.54, 1.807) is 12.5 Å². The van der Waals surface area contributed by atoms with Gasteiger partial charge in [-0.15, -0.1) is 0 Å². The number of benzene rings is 1. The van der Waals surface area contributed by atoms with Crippen molar-refractivity contribution in [2.24, 2.45) is 17.8 Å². The summed E-state index contributed by atoms with van der Waals surface area (Å²) in [5, 5.41) is 6.52. The monoisotopic (exact) mass is 336 g/mol. The Labute approximate surface area is 148 Å². The van der Waals surface area contributed by atoms with E-state index in [0.29, 0.717) is 13.0 Å². The topological polar surface area (TPSA) is 59.0 Å². The predicted molar refractivity (Wildman–Crippen MR) is 99.2 cm³/mol. The number of nitrogens with one attached hydrogen (secondary N) is 2. The summed E-state index contributed by atoms with van der Waals surface area (Å²) in [5.74, 6) is 2.31. The lowest BCUT2D eigenvalue weighted by molar-refractivity contribution is -0.116. The SMILES string of the molecule is O=C(CCn1ccnc1)Nc1cccc(NC[C@@H]2C[C@H]3C=C[C@H]2C3)c1. The van der Waals surface area contributed by atoms with Gasteiger partial charge in [-0.3, -0.25) is 4.79 Å². The van der Waals surface area contributed by atoms with Crippen LogP contribution in [0.2, 0.25) is 0 Å². The number of allylic oxidation sites excluding steroid dienone is 2. The molecule has 1 aromatic carbocycles. The Morgan fingerprint density at radius 3 is 2.92 bits per heavy atom. The number of carbonyl (C=O) groups is 1. The maximum Gasteiger partial charge on any atom is 0.226 e. The van der Waals surface area contributed by atoms with Crippen molar-refractivity contribution in [2.45, 2.75) is 25.8 Å². The van der Waals surface area contributed by atoms with Crippen molar-refractivity contribution in [3.63, 3.8) is 0 Å². The number of nitrogens with zero attached hydrogens (tertiary/aromatic N) is 2. The van der Waals surface area contributed by atoms with E-state index in [2.05, 4.69) is 33.8 Å². The molecule has 4 rings (SSSR count). The number of rotatable bonds is 7. The Morgan fingerprint density at radius 1 is 1.24 bits per heavy atom. The summed E-state index contributed by atoms with van der Waals surface area (Å²) in [6, 6.07) is 7.98. The minimum absolute atomic E-state index is 0.0177. The summed E-state index contributed by atoms with van der Waals surface area (Å²) in [4.78, 5) is 16.1. The number of hydrogen-bond donors (Lipinski definition) is 2. The average molecular weight is 336 g/mol. The molecule has 5 heteroatoms.